The molecule has 1 saturated heterocycles. The zero-order valence-corrected chi connectivity index (χ0v) is 19.1. The summed E-state index contributed by atoms with van der Waals surface area (Å²) in [5, 5.41) is 0. The second-order valence-corrected chi connectivity index (χ2v) is 11.7. The van der Waals surface area contributed by atoms with Gasteiger partial charge in [-0.25, -0.2) is 4.98 Å². The van der Waals surface area contributed by atoms with Gasteiger partial charge in [0.05, 0.1) is 35.7 Å². The molecule has 1 aromatic rings. The highest BCUT2D eigenvalue weighted by molar-refractivity contribution is 7.95. The molecular weight excluding hydrogens is 375 g/mol. The van der Waals surface area contributed by atoms with E-state index in [9.17, 15) is 4.79 Å². The molecule has 6 nitrogen and oxygen atoms in total. The van der Waals surface area contributed by atoms with Crippen LogP contribution in [0.4, 0.5) is 5.82 Å². The van der Waals surface area contributed by atoms with Gasteiger partial charge < -0.3 is 14.0 Å². The van der Waals surface area contributed by atoms with E-state index in [2.05, 4.69) is 17.5 Å². The SMILES string of the molecule is C[S+](C)CCOCN1C(=O)C(C)(C)c2cc(B3OC(C)(C)C(C)(C)O3)cnc21. The molecule has 0 bridgehead atoms. The van der Waals surface area contributed by atoms with Crippen LogP contribution < -0.4 is 10.4 Å². The minimum atomic E-state index is -0.662. The van der Waals surface area contributed by atoms with Crippen LogP contribution in [0.1, 0.15) is 47.1 Å². The van der Waals surface area contributed by atoms with Crippen molar-refractivity contribution < 1.29 is 18.8 Å². The first-order chi connectivity index (χ1) is 12.9. The third kappa shape index (κ3) is 3.72. The molecule has 154 valence electrons. The Morgan fingerprint density at radius 2 is 1.75 bits per heavy atom. The average molecular weight is 407 g/mol. The smallest absolute Gasteiger partial charge is 0.399 e. The van der Waals surface area contributed by atoms with Crippen LogP contribution in [0.15, 0.2) is 12.3 Å². The highest BCUT2D eigenvalue weighted by Crippen LogP contribution is 2.41. The maximum atomic E-state index is 13.0. The van der Waals surface area contributed by atoms with Gasteiger partial charge in [0.25, 0.3) is 0 Å². The van der Waals surface area contributed by atoms with E-state index in [1.807, 2.05) is 47.6 Å². The molecule has 1 aromatic heterocycles. The van der Waals surface area contributed by atoms with Crippen molar-refractivity contribution in [2.24, 2.45) is 0 Å². The first-order valence-corrected chi connectivity index (χ1v) is 11.9. The first-order valence-electron chi connectivity index (χ1n) is 9.67. The van der Waals surface area contributed by atoms with Gasteiger partial charge in [0, 0.05) is 17.2 Å². The molecule has 0 aliphatic carbocycles. The molecule has 0 saturated carbocycles. The van der Waals surface area contributed by atoms with Crippen LogP contribution in [0, 0.1) is 0 Å². The molecule has 2 aliphatic rings. The lowest BCUT2D eigenvalue weighted by Gasteiger charge is -2.32. The fourth-order valence-corrected chi connectivity index (χ4v) is 3.76. The van der Waals surface area contributed by atoms with Crippen molar-refractivity contribution in [3.63, 3.8) is 0 Å². The maximum Gasteiger partial charge on any atom is 0.496 e. The number of nitrogens with zero attached hydrogens (tertiary/aromatic N) is 2. The number of fused-ring (bicyclic) bond motifs is 1. The van der Waals surface area contributed by atoms with E-state index < -0.39 is 23.7 Å². The monoisotopic (exact) mass is 407 g/mol. The first kappa shape index (κ1) is 21.6. The van der Waals surface area contributed by atoms with Crippen LogP contribution in [-0.4, -0.2) is 60.8 Å². The maximum absolute atomic E-state index is 13.0. The van der Waals surface area contributed by atoms with Crippen LogP contribution in [0.5, 0.6) is 0 Å². The molecule has 28 heavy (non-hydrogen) atoms. The third-order valence-corrected chi connectivity index (χ3v) is 6.96. The van der Waals surface area contributed by atoms with Gasteiger partial charge in [-0.2, -0.15) is 0 Å². The van der Waals surface area contributed by atoms with Crippen LogP contribution in [-0.2, 0) is 35.2 Å². The second-order valence-electron chi connectivity index (χ2n) is 9.31. The summed E-state index contributed by atoms with van der Waals surface area (Å²) < 4.78 is 18.1. The second kappa shape index (κ2) is 7.31. The van der Waals surface area contributed by atoms with Crippen LogP contribution in [0.2, 0.25) is 0 Å². The molecule has 2 aliphatic heterocycles. The van der Waals surface area contributed by atoms with Crippen LogP contribution in [0.25, 0.3) is 0 Å². The fourth-order valence-electron chi connectivity index (χ4n) is 3.31. The van der Waals surface area contributed by atoms with Gasteiger partial charge >= 0.3 is 7.12 Å². The van der Waals surface area contributed by atoms with E-state index in [-0.39, 0.29) is 12.6 Å². The number of pyridine rings is 1. The summed E-state index contributed by atoms with van der Waals surface area (Å²) in [4.78, 5) is 19.2. The van der Waals surface area contributed by atoms with Crippen molar-refractivity contribution in [2.45, 2.75) is 58.2 Å². The van der Waals surface area contributed by atoms with Gasteiger partial charge in [0.1, 0.15) is 18.3 Å². The standard InChI is InChI=1S/C20H32BN2O4S/c1-18(2)15-11-14(21-26-19(3,4)20(5,6)27-21)12-22-16(15)23(17(18)24)13-25-9-10-28(7)8/h11-12H,9-10,13H2,1-8H3/q+1. The topological polar surface area (TPSA) is 60.9 Å². The summed E-state index contributed by atoms with van der Waals surface area (Å²) in [6.07, 6.45) is 6.11. The number of hydrogen-bond acceptors (Lipinski definition) is 5. The van der Waals surface area contributed by atoms with Gasteiger partial charge in [-0.05, 0) is 52.4 Å². The lowest BCUT2D eigenvalue weighted by atomic mass is 9.77. The summed E-state index contributed by atoms with van der Waals surface area (Å²) in [6.45, 7) is 12.8. The van der Waals surface area contributed by atoms with Crippen molar-refractivity contribution >= 4 is 35.2 Å². The van der Waals surface area contributed by atoms with Crippen molar-refractivity contribution in [1.82, 2.24) is 4.98 Å². The van der Waals surface area contributed by atoms with Gasteiger partial charge in [0.15, 0.2) is 0 Å². The van der Waals surface area contributed by atoms with E-state index in [0.717, 1.165) is 16.8 Å². The van der Waals surface area contributed by atoms with E-state index >= 15 is 0 Å². The number of amides is 1. The molecule has 0 spiro atoms. The Bertz CT molecular complexity index is 751. The number of hydrogen-bond donors (Lipinski definition) is 0. The van der Waals surface area contributed by atoms with Crippen molar-refractivity contribution in [1.29, 1.82) is 0 Å². The van der Waals surface area contributed by atoms with E-state index in [0.29, 0.717) is 23.3 Å². The minimum absolute atomic E-state index is 0.00747. The summed E-state index contributed by atoms with van der Waals surface area (Å²) in [6, 6.07) is 2.00. The van der Waals surface area contributed by atoms with E-state index in [1.165, 1.54) is 0 Å². The molecule has 3 rings (SSSR count). The molecule has 1 amide bonds. The fraction of sp³-hybridized carbons (Fsp3) is 0.700. The zero-order chi connectivity index (χ0) is 20.9. The molecule has 8 heteroatoms. The lowest BCUT2D eigenvalue weighted by molar-refractivity contribution is -0.123. The number of aromatic nitrogens is 1. The summed E-state index contributed by atoms with van der Waals surface area (Å²) in [5.74, 6) is 1.67. The molecule has 0 N–H and O–H groups in total. The molecule has 0 unspecified atom stereocenters. The molecule has 1 fully saturated rings. The number of carbonyl (C=O) groups excluding carboxylic acids is 1. The molecule has 3 heterocycles. The Kier molecular flexibility index (Phi) is 5.64. The van der Waals surface area contributed by atoms with Gasteiger partial charge in [-0.15, -0.1) is 0 Å². The molecule has 0 atom stereocenters. The predicted octanol–water partition coefficient (Wildman–Crippen LogP) is 1.86. The van der Waals surface area contributed by atoms with Gasteiger partial charge in [-0.1, -0.05) is 6.07 Å². The Morgan fingerprint density at radius 3 is 2.32 bits per heavy atom. The number of carbonyl (C=O) groups is 1. The Balaban J connectivity index is 1.83. The predicted molar refractivity (Wildman–Crippen MR) is 115 cm³/mol. The highest BCUT2D eigenvalue weighted by atomic mass is 32.2. The highest BCUT2D eigenvalue weighted by Gasteiger charge is 2.53. The summed E-state index contributed by atoms with van der Waals surface area (Å²) >= 11 is 0. The third-order valence-electron chi connectivity index (χ3n) is 5.98. The van der Waals surface area contributed by atoms with Gasteiger partial charge in [-0.3, -0.25) is 9.69 Å². The van der Waals surface area contributed by atoms with Crippen molar-refractivity contribution in [3.05, 3.63) is 17.8 Å². The van der Waals surface area contributed by atoms with Crippen LogP contribution in [0.3, 0.4) is 0 Å². The normalized spacial score (nSPS) is 22.2. The van der Waals surface area contributed by atoms with Crippen LogP contribution >= 0.6 is 0 Å². The average Bonchev–Trinajstić information content (AvgIpc) is 2.91. The Labute approximate surface area is 171 Å². The number of anilines is 1. The zero-order valence-electron chi connectivity index (χ0n) is 18.3. The lowest BCUT2D eigenvalue weighted by Crippen LogP contribution is -2.41. The Morgan fingerprint density at radius 1 is 1.14 bits per heavy atom. The molecule has 0 radical (unpaired) electrons. The Hall–Kier alpha value is -1.09. The molecule has 0 aromatic carbocycles. The largest absolute Gasteiger partial charge is 0.496 e. The number of ether oxygens (including phenoxy) is 1. The van der Waals surface area contributed by atoms with Crippen molar-refractivity contribution in [2.75, 3.05) is 36.5 Å². The van der Waals surface area contributed by atoms with E-state index in [1.54, 1.807) is 11.1 Å². The quantitative estimate of drug-likeness (QED) is 0.409. The summed E-state index contributed by atoms with van der Waals surface area (Å²) in [5.41, 5.74) is 0.226. The minimum Gasteiger partial charge on any atom is -0.399 e. The summed E-state index contributed by atoms with van der Waals surface area (Å²) in [7, 11) is -0.172. The van der Waals surface area contributed by atoms with Crippen molar-refractivity contribution in [3.8, 4) is 0 Å². The molecular formula is C20H32BN2O4S+. The van der Waals surface area contributed by atoms with Gasteiger partial charge in [0.2, 0.25) is 5.91 Å². The number of rotatable bonds is 6. The van der Waals surface area contributed by atoms with E-state index in [4.69, 9.17) is 14.0 Å².